The maximum Gasteiger partial charge on any atom is 0.293 e. The summed E-state index contributed by atoms with van der Waals surface area (Å²) >= 11 is 6.23. The van der Waals surface area contributed by atoms with Crippen molar-refractivity contribution in [3.8, 4) is 5.69 Å². The lowest BCUT2D eigenvalue weighted by molar-refractivity contribution is 0.0689. The van der Waals surface area contributed by atoms with Gasteiger partial charge in [-0.25, -0.2) is 9.67 Å². The van der Waals surface area contributed by atoms with Gasteiger partial charge < -0.3 is 4.90 Å². The van der Waals surface area contributed by atoms with Crippen LogP contribution in [0.1, 0.15) is 43.1 Å². The summed E-state index contributed by atoms with van der Waals surface area (Å²) in [5, 5.41) is 4.99. The summed E-state index contributed by atoms with van der Waals surface area (Å²) in [6.45, 7) is 6.91. The number of para-hydroxylation sites is 1. The summed E-state index contributed by atoms with van der Waals surface area (Å²) in [5.74, 6) is 1.25. The van der Waals surface area contributed by atoms with Crippen LogP contribution in [-0.4, -0.2) is 38.2 Å². The Kier molecular flexibility index (Phi) is 4.39. The molecule has 0 bridgehead atoms. The Balaban J connectivity index is 1.92. The number of halogens is 1. The second-order valence-corrected chi connectivity index (χ2v) is 6.71. The van der Waals surface area contributed by atoms with Crippen molar-refractivity contribution in [2.24, 2.45) is 5.92 Å². The Bertz CT molecular complexity index is 725. The Morgan fingerprint density at radius 2 is 2.09 bits per heavy atom. The van der Waals surface area contributed by atoms with E-state index < -0.39 is 0 Å². The number of nitrogens with zero attached hydrogens (tertiary/aromatic N) is 4. The minimum absolute atomic E-state index is 0.0879. The Morgan fingerprint density at radius 3 is 2.78 bits per heavy atom. The molecule has 1 saturated heterocycles. The summed E-state index contributed by atoms with van der Waals surface area (Å²) in [7, 11) is 0. The molecule has 1 atom stereocenters. The normalized spacial score (nSPS) is 18.0. The number of hydrogen-bond acceptors (Lipinski definition) is 3. The molecule has 0 radical (unpaired) electrons. The zero-order valence-electron chi connectivity index (χ0n) is 13.7. The molecule has 1 aliphatic rings. The predicted molar refractivity (Wildman–Crippen MR) is 90.0 cm³/mol. The molecule has 23 heavy (non-hydrogen) atoms. The van der Waals surface area contributed by atoms with E-state index in [1.807, 2.05) is 30.0 Å². The zero-order valence-corrected chi connectivity index (χ0v) is 14.4. The first kappa shape index (κ1) is 16.0. The van der Waals surface area contributed by atoms with Crippen LogP contribution >= 0.6 is 11.6 Å². The molecule has 6 heteroatoms. The molecule has 1 aromatic carbocycles. The zero-order chi connectivity index (χ0) is 16.6. The third-order valence-electron chi connectivity index (χ3n) is 4.37. The first-order valence-corrected chi connectivity index (χ1v) is 8.36. The number of rotatable bonds is 3. The summed E-state index contributed by atoms with van der Waals surface area (Å²) in [6.07, 6.45) is 2.09. The Morgan fingerprint density at radius 1 is 1.35 bits per heavy atom. The molecule has 0 spiro atoms. The molecule has 1 aliphatic heterocycles. The highest BCUT2D eigenvalue weighted by Crippen LogP contribution is 2.26. The average Bonchev–Trinajstić information content (AvgIpc) is 3.14. The van der Waals surface area contributed by atoms with Crippen LogP contribution in [-0.2, 0) is 0 Å². The lowest BCUT2D eigenvalue weighted by Gasteiger charge is -2.26. The van der Waals surface area contributed by atoms with Crippen molar-refractivity contribution in [1.29, 1.82) is 0 Å². The molecule has 1 amide bonds. The molecule has 0 saturated carbocycles. The highest BCUT2D eigenvalue weighted by Gasteiger charge is 2.33. The summed E-state index contributed by atoms with van der Waals surface area (Å²) < 4.78 is 1.63. The van der Waals surface area contributed by atoms with Crippen molar-refractivity contribution in [2.45, 2.75) is 39.7 Å². The van der Waals surface area contributed by atoms with E-state index in [9.17, 15) is 4.79 Å². The second-order valence-electron chi connectivity index (χ2n) is 6.30. The van der Waals surface area contributed by atoms with E-state index >= 15 is 0 Å². The number of amides is 1. The van der Waals surface area contributed by atoms with E-state index in [4.69, 9.17) is 11.6 Å². The van der Waals surface area contributed by atoms with Crippen molar-refractivity contribution in [1.82, 2.24) is 19.7 Å². The maximum absolute atomic E-state index is 12.8. The van der Waals surface area contributed by atoms with Crippen LogP contribution in [0.15, 0.2) is 24.3 Å². The topological polar surface area (TPSA) is 51.0 Å². The summed E-state index contributed by atoms with van der Waals surface area (Å²) in [4.78, 5) is 19.1. The van der Waals surface area contributed by atoms with Crippen LogP contribution in [0.25, 0.3) is 5.69 Å². The number of aryl methyl sites for hydroxylation is 1. The molecule has 1 fully saturated rings. The van der Waals surface area contributed by atoms with Crippen molar-refractivity contribution < 1.29 is 4.79 Å². The molecule has 0 unspecified atom stereocenters. The van der Waals surface area contributed by atoms with Gasteiger partial charge in [0.15, 0.2) is 0 Å². The van der Waals surface area contributed by atoms with Crippen LogP contribution in [0.4, 0.5) is 0 Å². The molecule has 2 aromatic rings. The lowest BCUT2D eigenvalue weighted by Crippen LogP contribution is -2.39. The molecule has 122 valence electrons. The Hall–Kier alpha value is -1.88. The maximum atomic E-state index is 12.8. The van der Waals surface area contributed by atoms with E-state index in [0.717, 1.165) is 25.1 Å². The predicted octanol–water partition coefficient (Wildman–Crippen LogP) is 3.49. The van der Waals surface area contributed by atoms with Gasteiger partial charge in [0.05, 0.1) is 10.7 Å². The van der Waals surface area contributed by atoms with Gasteiger partial charge in [-0.2, -0.15) is 0 Å². The molecule has 3 rings (SSSR count). The third-order valence-corrected chi connectivity index (χ3v) is 4.69. The van der Waals surface area contributed by atoms with Gasteiger partial charge in [0.2, 0.25) is 5.82 Å². The number of benzene rings is 1. The van der Waals surface area contributed by atoms with Gasteiger partial charge in [0.1, 0.15) is 5.82 Å². The molecular formula is C17H21ClN4O. The first-order valence-electron chi connectivity index (χ1n) is 7.98. The van der Waals surface area contributed by atoms with E-state index in [2.05, 4.69) is 23.9 Å². The molecular weight excluding hydrogens is 312 g/mol. The summed E-state index contributed by atoms with van der Waals surface area (Å²) in [5.41, 5.74) is 0.736. The number of hydrogen-bond donors (Lipinski definition) is 0. The van der Waals surface area contributed by atoms with Crippen LogP contribution in [0.3, 0.4) is 0 Å². The highest BCUT2D eigenvalue weighted by molar-refractivity contribution is 6.32. The molecule has 0 N–H and O–H groups in total. The minimum Gasteiger partial charge on any atom is -0.333 e. The first-order chi connectivity index (χ1) is 11.0. The van der Waals surface area contributed by atoms with E-state index in [1.54, 1.807) is 10.7 Å². The van der Waals surface area contributed by atoms with Gasteiger partial charge >= 0.3 is 0 Å². The van der Waals surface area contributed by atoms with Gasteiger partial charge in [-0.15, -0.1) is 5.10 Å². The largest absolute Gasteiger partial charge is 0.333 e. The Labute approximate surface area is 141 Å². The quantitative estimate of drug-likeness (QED) is 0.864. The number of likely N-dealkylation sites (tertiary alicyclic amines) is 1. The number of carbonyl (C=O) groups excluding carboxylic acids is 1. The van der Waals surface area contributed by atoms with Crippen LogP contribution in [0.2, 0.25) is 5.02 Å². The standard InChI is InChI=1S/C17H21ClN4O/c1-11(2)14-9-6-10-21(14)17(23)16-19-12(3)22(20-16)15-8-5-4-7-13(15)18/h4-5,7-8,11,14H,6,9-10H2,1-3H3/t14-/m1/s1. The third kappa shape index (κ3) is 2.98. The fourth-order valence-corrected chi connectivity index (χ4v) is 3.41. The van der Waals surface area contributed by atoms with Gasteiger partial charge in [0.25, 0.3) is 5.91 Å². The fourth-order valence-electron chi connectivity index (χ4n) is 3.20. The molecule has 2 heterocycles. The van der Waals surface area contributed by atoms with Crippen molar-refractivity contribution in [3.63, 3.8) is 0 Å². The van der Waals surface area contributed by atoms with E-state index in [-0.39, 0.29) is 17.8 Å². The van der Waals surface area contributed by atoms with Gasteiger partial charge in [0, 0.05) is 12.6 Å². The smallest absolute Gasteiger partial charge is 0.293 e. The second kappa shape index (κ2) is 6.32. The van der Waals surface area contributed by atoms with Crippen molar-refractivity contribution >= 4 is 17.5 Å². The summed E-state index contributed by atoms with van der Waals surface area (Å²) in [6, 6.07) is 7.69. The highest BCUT2D eigenvalue weighted by atomic mass is 35.5. The number of aromatic nitrogens is 3. The van der Waals surface area contributed by atoms with Crippen LogP contribution < -0.4 is 0 Å². The van der Waals surface area contributed by atoms with Crippen LogP contribution in [0.5, 0.6) is 0 Å². The minimum atomic E-state index is -0.0879. The van der Waals surface area contributed by atoms with Gasteiger partial charge in [-0.3, -0.25) is 4.79 Å². The van der Waals surface area contributed by atoms with Crippen LogP contribution in [0, 0.1) is 12.8 Å². The number of carbonyl (C=O) groups is 1. The van der Waals surface area contributed by atoms with Gasteiger partial charge in [-0.05, 0) is 37.8 Å². The van der Waals surface area contributed by atoms with E-state index in [0.29, 0.717) is 16.8 Å². The monoisotopic (exact) mass is 332 g/mol. The van der Waals surface area contributed by atoms with Crippen molar-refractivity contribution in [3.05, 3.63) is 40.9 Å². The fraction of sp³-hybridized carbons (Fsp3) is 0.471. The van der Waals surface area contributed by atoms with Gasteiger partial charge in [-0.1, -0.05) is 37.6 Å². The SMILES string of the molecule is Cc1nc(C(=O)N2CCC[C@@H]2C(C)C)nn1-c1ccccc1Cl. The molecule has 0 aliphatic carbocycles. The van der Waals surface area contributed by atoms with E-state index in [1.165, 1.54) is 0 Å². The average molecular weight is 333 g/mol. The molecule has 5 nitrogen and oxygen atoms in total. The molecule has 1 aromatic heterocycles. The van der Waals surface area contributed by atoms with Crippen molar-refractivity contribution in [2.75, 3.05) is 6.54 Å². The lowest BCUT2D eigenvalue weighted by atomic mass is 10.0.